The molecule has 1 aliphatic rings. The molecular weight excluding hydrogens is 406 g/mol. The van der Waals surface area contributed by atoms with E-state index in [0.717, 1.165) is 27.1 Å². The van der Waals surface area contributed by atoms with E-state index in [1.165, 1.54) is 6.33 Å². The molecule has 0 amide bonds. The summed E-state index contributed by atoms with van der Waals surface area (Å²) in [5.74, 6) is 0.905. The molecule has 160 valence electrons. The van der Waals surface area contributed by atoms with Crippen molar-refractivity contribution in [3.63, 3.8) is 0 Å². The van der Waals surface area contributed by atoms with Crippen LogP contribution in [0, 0.1) is 0 Å². The molecule has 8 nitrogen and oxygen atoms in total. The van der Waals surface area contributed by atoms with Crippen LogP contribution in [0.25, 0.3) is 44.1 Å². The van der Waals surface area contributed by atoms with Gasteiger partial charge in [-0.1, -0.05) is 48.5 Å². The van der Waals surface area contributed by atoms with Gasteiger partial charge in [0.15, 0.2) is 17.0 Å². The fourth-order valence-electron chi connectivity index (χ4n) is 4.67. The van der Waals surface area contributed by atoms with Crippen LogP contribution in [0.2, 0.25) is 0 Å². The summed E-state index contributed by atoms with van der Waals surface area (Å²) in [4.78, 5) is 13.4. The fraction of sp³-hybridized carbons (Fsp3) is 0.208. The van der Waals surface area contributed by atoms with Gasteiger partial charge in [0.05, 0.1) is 12.7 Å². The maximum atomic E-state index is 10.4. The number of hydrogen-bond acceptors (Lipinski definition) is 7. The van der Waals surface area contributed by atoms with Gasteiger partial charge in [-0.15, -0.1) is 0 Å². The van der Waals surface area contributed by atoms with Crippen LogP contribution in [0.3, 0.4) is 0 Å². The number of anilines is 1. The van der Waals surface area contributed by atoms with E-state index in [0.29, 0.717) is 23.4 Å². The maximum Gasteiger partial charge on any atom is 0.168 e. The number of rotatable bonds is 3. The Bertz CT molecular complexity index is 1480. The van der Waals surface area contributed by atoms with E-state index >= 15 is 0 Å². The third-order valence-corrected chi connectivity index (χ3v) is 6.19. The number of aliphatic hydroxyl groups excluding tert-OH is 2. The molecule has 3 aromatic carbocycles. The quantitative estimate of drug-likeness (QED) is 0.379. The highest BCUT2D eigenvalue weighted by atomic mass is 16.5. The number of aromatic nitrogens is 4. The normalized spacial score (nSPS) is 21.1. The molecular formula is C24H21N5O3. The molecule has 1 fully saturated rings. The molecule has 0 aliphatic carbocycles. The minimum atomic E-state index is -0.789. The van der Waals surface area contributed by atoms with E-state index in [4.69, 9.17) is 15.5 Å². The Morgan fingerprint density at radius 1 is 1.03 bits per heavy atom. The van der Waals surface area contributed by atoms with E-state index in [9.17, 15) is 10.2 Å². The summed E-state index contributed by atoms with van der Waals surface area (Å²) in [6, 6.07) is 18.5. The zero-order valence-corrected chi connectivity index (χ0v) is 17.1. The van der Waals surface area contributed by atoms with Gasteiger partial charge < -0.3 is 20.7 Å². The van der Waals surface area contributed by atoms with Crippen molar-refractivity contribution < 1.29 is 14.9 Å². The van der Waals surface area contributed by atoms with Crippen LogP contribution < -0.4 is 5.73 Å². The number of nitrogens with two attached hydrogens (primary N) is 1. The van der Waals surface area contributed by atoms with Crippen LogP contribution >= 0.6 is 0 Å². The van der Waals surface area contributed by atoms with Gasteiger partial charge in [0.2, 0.25) is 0 Å². The SMILES string of the molecule is Nc1ncnc2c1nc(-c1cc3ccccc3c3ccccc13)n2[C@H]1C[C@H](O)[C@@H](CO)O1. The lowest BCUT2D eigenvalue weighted by atomic mass is 9.97. The van der Waals surface area contributed by atoms with Gasteiger partial charge in [-0.2, -0.15) is 0 Å². The number of benzene rings is 3. The van der Waals surface area contributed by atoms with Crippen LogP contribution in [-0.2, 0) is 4.74 Å². The zero-order chi connectivity index (χ0) is 21.8. The van der Waals surface area contributed by atoms with Crippen LogP contribution in [0.15, 0.2) is 60.9 Å². The van der Waals surface area contributed by atoms with Gasteiger partial charge in [-0.05, 0) is 27.6 Å². The molecule has 1 saturated heterocycles. The lowest BCUT2D eigenvalue weighted by Gasteiger charge is -2.18. The second-order valence-corrected chi connectivity index (χ2v) is 8.04. The van der Waals surface area contributed by atoms with Gasteiger partial charge in [0, 0.05) is 12.0 Å². The number of ether oxygens (including phenoxy) is 1. The average Bonchev–Trinajstić information content (AvgIpc) is 3.39. The van der Waals surface area contributed by atoms with Gasteiger partial charge in [-0.3, -0.25) is 4.57 Å². The van der Waals surface area contributed by atoms with Gasteiger partial charge in [-0.25, -0.2) is 15.0 Å². The molecule has 0 spiro atoms. The molecule has 0 radical (unpaired) electrons. The molecule has 6 rings (SSSR count). The predicted octanol–water partition coefficient (Wildman–Crippen LogP) is 3.02. The first kappa shape index (κ1) is 19.1. The number of aliphatic hydroxyl groups is 2. The Hall–Kier alpha value is -3.59. The number of fused-ring (bicyclic) bond motifs is 4. The summed E-state index contributed by atoms with van der Waals surface area (Å²) in [5.41, 5.74) is 8.05. The van der Waals surface area contributed by atoms with Crippen molar-refractivity contribution in [3.05, 3.63) is 60.9 Å². The summed E-state index contributed by atoms with van der Waals surface area (Å²) in [6.07, 6.45) is -0.311. The summed E-state index contributed by atoms with van der Waals surface area (Å²) < 4.78 is 7.86. The summed E-state index contributed by atoms with van der Waals surface area (Å²) in [5, 5.41) is 24.4. The summed E-state index contributed by atoms with van der Waals surface area (Å²) >= 11 is 0. The average molecular weight is 427 g/mol. The predicted molar refractivity (Wildman–Crippen MR) is 122 cm³/mol. The molecule has 0 bridgehead atoms. The summed E-state index contributed by atoms with van der Waals surface area (Å²) in [7, 11) is 0. The minimum Gasteiger partial charge on any atom is -0.394 e. The van der Waals surface area contributed by atoms with E-state index in [1.807, 2.05) is 28.8 Å². The number of nitrogen functional groups attached to an aromatic ring is 1. The van der Waals surface area contributed by atoms with Crippen molar-refractivity contribution in [3.8, 4) is 11.4 Å². The lowest BCUT2D eigenvalue weighted by Crippen LogP contribution is -2.24. The molecule has 32 heavy (non-hydrogen) atoms. The monoisotopic (exact) mass is 427 g/mol. The first-order valence-electron chi connectivity index (χ1n) is 10.5. The standard InChI is InChI=1S/C24H21N5O3/c25-22-21-24(27-12-26-22)29(20-10-18(31)19(11-30)32-20)23(28-21)17-9-13-5-1-2-6-14(13)15-7-3-4-8-16(15)17/h1-9,12,18-20,30-31H,10-11H2,(H2,25,26,27)/t18-,19+,20+/m0/s1. The maximum absolute atomic E-state index is 10.4. The molecule has 2 aromatic heterocycles. The highest BCUT2D eigenvalue weighted by molar-refractivity contribution is 6.13. The van der Waals surface area contributed by atoms with Crippen molar-refractivity contribution in [2.45, 2.75) is 24.9 Å². The van der Waals surface area contributed by atoms with Crippen molar-refractivity contribution in [1.82, 2.24) is 19.5 Å². The van der Waals surface area contributed by atoms with E-state index in [1.54, 1.807) is 0 Å². The van der Waals surface area contributed by atoms with Crippen LogP contribution in [-0.4, -0.2) is 48.5 Å². The highest BCUT2D eigenvalue weighted by Gasteiger charge is 2.37. The minimum absolute atomic E-state index is 0.268. The Balaban J connectivity index is 1.68. The Kier molecular flexibility index (Phi) is 4.32. The largest absolute Gasteiger partial charge is 0.394 e. The molecule has 5 aromatic rings. The highest BCUT2D eigenvalue weighted by Crippen LogP contribution is 2.40. The number of hydrogen-bond donors (Lipinski definition) is 3. The molecule has 3 atom stereocenters. The second-order valence-electron chi connectivity index (χ2n) is 8.04. The molecule has 4 N–H and O–H groups in total. The van der Waals surface area contributed by atoms with E-state index < -0.39 is 18.4 Å². The Morgan fingerprint density at radius 2 is 1.78 bits per heavy atom. The smallest absolute Gasteiger partial charge is 0.168 e. The molecule has 8 heteroatoms. The van der Waals surface area contributed by atoms with Gasteiger partial charge in [0.25, 0.3) is 0 Å². The Morgan fingerprint density at radius 3 is 2.56 bits per heavy atom. The zero-order valence-electron chi connectivity index (χ0n) is 17.1. The first-order chi connectivity index (χ1) is 15.7. The lowest BCUT2D eigenvalue weighted by molar-refractivity contribution is -0.0426. The third kappa shape index (κ3) is 2.77. The number of nitrogens with zero attached hydrogens (tertiary/aromatic N) is 4. The summed E-state index contributed by atoms with van der Waals surface area (Å²) in [6.45, 7) is -0.268. The topological polar surface area (TPSA) is 119 Å². The van der Waals surface area contributed by atoms with Gasteiger partial charge >= 0.3 is 0 Å². The number of imidazole rings is 1. The van der Waals surface area contributed by atoms with Crippen molar-refractivity contribution in [1.29, 1.82) is 0 Å². The Labute approximate surface area is 182 Å². The van der Waals surface area contributed by atoms with Gasteiger partial charge in [0.1, 0.15) is 24.5 Å². The van der Waals surface area contributed by atoms with Crippen molar-refractivity contribution >= 4 is 38.5 Å². The second kappa shape index (κ2) is 7.23. The van der Waals surface area contributed by atoms with E-state index in [-0.39, 0.29) is 12.4 Å². The molecule has 1 aliphatic heterocycles. The molecule has 3 heterocycles. The third-order valence-electron chi connectivity index (χ3n) is 6.19. The first-order valence-corrected chi connectivity index (χ1v) is 10.5. The molecule has 0 saturated carbocycles. The molecule has 0 unspecified atom stereocenters. The van der Waals surface area contributed by atoms with Crippen LogP contribution in [0.4, 0.5) is 5.82 Å². The van der Waals surface area contributed by atoms with E-state index in [2.05, 4.69) is 40.3 Å². The van der Waals surface area contributed by atoms with Crippen LogP contribution in [0.5, 0.6) is 0 Å². The van der Waals surface area contributed by atoms with Crippen molar-refractivity contribution in [2.75, 3.05) is 12.3 Å². The van der Waals surface area contributed by atoms with Crippen LogP contribution in [0.1, 0.15) is 12.6 Å². The fourth-order valence-corrected chi connectivity index (χ4v) is 4.67. The van der Waals surface area contributed by atoms with Crippen molar-refractivity contribution in [2.24, 2.45) is 0 Å².